The first-order valence-corrected chi connectivity index (χ1v) is 11.3. The number of carboxylic acid groups (broad SMARTS) is 1. The molecule has 156 valence electrons. The van der Waals surface area contributed by atoms with Gasteiger partial charge in [-0.05, 0) is 79.6 Å². The van der Waals surface area contributed by atoms with Crippen molar-refractivity contribution >= 4 is 11.9 Å². The van der Waals surface area contributed by atoms with Crippen LogP contribution in [0.25, 0.3) is 0 Å². The van der Waals surface area contributed by atoms with Crippen LogP contribution in [0.15, 0.2) is 11.1 Å². The fraction of sp³-hybridized carbons (Fsp3) is 0.833. The Morgan fingerprint density at radius 3 is 2.50 bits per heavy atom. The number of rotatable bonds is 3. The highest BCUT2D eigenvalue weighted by molar-refractivity contribution is 5.97. The van der Waals surface area contributed by atoms with Crippen LogP contribution in [0.5, 0.6) is 0 Å². The van der Waals surface area contributed by atoms with Gasteiger partial charge in [0.2, 0.25) is 5.91 Å². The van der Waals surface area contributed by atoms with Crippen molar-refractivity contribution in [2.45, 2.75) is 79.6 Å². The van der Waals surface area contributed by atoms with Gasteiger partial charge in [0.25, 0.3) is 0 Å². The third-order valence-electron chi connectivity index (χ3n) is 9.20. The molecule has 4 heteroatoms. The van der Waals surface area contributed by atoms with Gasteiger partial charge in [0.15, 0.2) is 0 Å². The average molecular weight is 388 g/mol. The lowest BCUT2D eigenvalue weighted by molar-refractivity contribution is -0.175. The van der Waals surface area contributed by atoms with Crippen LogP contribution in [-0.4, -0.2) is 35.0 Å². The number of nitrogens with zero attached hydrogens (tertiary/aromatic N) is 1. The van der Waals surface area contributed by atoms with E-state index in [-0.39, 0.29) is 22.7 Å². The van der Waals surface area contributed by atoms with Crippen molar-refractivity contribution in [2.75, 3.05) is 13.1 Å². The molecule has 0 spiro atoms. The van der Waals surface area contributed by atoms with E-state index in [0.29, 0.717) is 11.8 Å². The first-order valence-electron chi connectivity index (χ1n) is 11.3. The summed E-state index contributed by atoms with van der Waals surface area (Å²) < 4.78 is 0. The molecule has 0 unspecified atom stereocenters. The summed E-state index contributed by atoms with van der Waals surface area (Å²) in [6.07, 6.45) is 6.87. The largest absolute Gasteiger partial charge is 0.481 e. The molecule has 0 aromatic heterocycles. The van der Waals surface area contributed by atoms with Gasteiger partial charge in [-0.25, -0.2) is 0 Å². The highest BCUT2D eigenvalue weighted by atomic mass is 16.4. The van der Waals surface area contributed by atoms with Crippen molar-refractivity contribution < 1.29 is 14.7 Å². The average Bonchev–Trinajstić information content (AvgIpc) is 2.91. The van der Waals surface area contributed by atoms with Crippen LogP contribution >= 0.6 is 0 Å². The maximum absolute atomic E-state index is 13.0. The van der Waals surface area contributed by atoms with E-state index in [2.05, 4.69) is 32.6 Å². The highest BCUT2D eigenvalue weighted by Crippen LogP contribution is 2.68. The second-order valence-corrected chi connectivity index (χ2v) is 11.2. The van der Waals surface area contributed by atoms with Crippen LogP contribution in [0.3, 0.4) is 0 Å². The van der Waals surface area contributed by atoms with Crippen molar-refractivity contribution in [3.8, 4) is 0 Å². The summed E-state index contributed by atoms with van der Waals surface area (Å²) in [5.41, 5.74) is 2.01. The molecule has 3 aliphatic carbocycles. The molecule has 0 aromatic rings. The van der Waals surface area contributed by atoms with Crippen LogP contribution in [0.2, 0.25) is 0 Å². The van der Waals surface area contributed by atoms with Crippen molar-refractivity contribution in [3.63, 3.8) is 0 Å². The Balaban J connectivity index is 1.70. The summed E-state index contributed by atoms with van der Waals surface area (Å²) in [5.74, 6) is 0.881. The van der Waals surface area contributed by atoms with Crippen molar-refractivity contribution in [1.29, 1.82) is 0 Å². The Morgan fingerprint density at radius 1 is 1.14 bits per heavy atom. The summed E-state index contributed by atoms with van der Waals surface area (Å²) in [5, 5.41) is 10.1. The third kappa shape index (κ3) is 2.55. The first-order chi connectivity index (χ1) is 13.0. The molecule has 0 radical (unpaired) electrons. The molecule has 1 amide bonds. The minimum Gasteiger partial charge on any atom is -0.481 e. The summed E-state index contributed by atoms with van der Waals surface area (Å²) in [6, 6.07) is 0. The lowest BCUT2D eigenvalue weighted by Crippen LogP contribution is -2.58. The monoisotopic (exact) mass is 387 g/mol. The van der Waals surface area contributed by atoms with Crippen LogP contribution < -0.4 is 0 Å². The Labute approximate surface area is 169 Å². The van der Waals surface area contributed by atoms with E-state index in [1.807, 2.05) is 6.92 Å². The van der Waals surface area contributed by atoms with E-state index in [1.165, 1.54) is 5.57 Å². The van der Waals surface area contributed by atoms with E-state index in [0.717, 1.165) is 63.6 Å². The van der Waals surface area contributed by atoms with Gasteiger partial charge in [0.1, 0.15) is 0 Å². The number of hydrogen-bond donors (Lipinski definition) is 1. The smallest absolute Gasteiger partial charge is 0.309 e. The molecule has 0 saturated heterocycles. The Kier molecular flexibility index (Phi) is 4.52. The van der Waals surface area contributed by atoms with Gasteiger partial charge < -0.3 is 10.0 Å². The zero-order valence-corrected chi connectivity index (χ0v) is 18.3. The zero-order valence-electron chi connectivity index (χ0n) is 18.3. The lowest BCUT2D eigenvalue weighted by Gasteiger charge is -2.63. The molecule has 2 saturated carbocycles. The minimum absolute atomic E-state index is 0.0526. The molecule has 1 N–H and O–H groups in total. The van der Waals surface area contributed by atoms with Gasteiger partial charge in [-0.3, -0.25) is 9.59 Å². The summed E-state index contributed by atoms with van der Waals surface area (Å²) >= 11 is 0. The number of aliphatic carboxylic acids is 1. The highest BCUT2D eigenvalue weighted by Gasteiger charge is 2.63. The van der Waals surface area contributed by atoms with Gasteiger partial charge in [0.05, 0.1) is 5.41 Å². The number of amides is 1. The molecule has 0 bridgehead atoms. The summed E-state index contributed by atoms with van der Waals surface area (Å²) in [6.45, 7) is 12.8. The predicted molar refractivity (Wildman–Crippen MR) is 110 cm³/mol. The summed E-state index contributed by atoms with van der Waals surface area (Å²) in [7, 11) is 0. The number of fused-ring (bicyclic) bond motifs is 4. The molecule has 4 rings (SSSR count). The normalized spacial score (nSPS) is 43.1. The van der Waals surface area contributed by atoms with Crippen molar-refractivity contribution in [2.24, 2.45) is 34.0 Å². The molecule has 1 heterocycles. The molecule has 0 aromatic carbocycles. The van der Waals surface area contributed by atoms with E-state index >= 15 is 0 Å². The molecule has 4 aliphatic rings. The molecule has 2 fully saturated rings. The third-order valence-corrected chi connectivity index (χ3v) is 9.20. The Morgan fingerprint density at radius 2 is 1.86 bits per heavy atom. The number of carbonyl (C=O) groups excluding carboxylic acids is 1. The van der Waals surface area contributed by atoms with Crippen LogP contribution in [-0.2, 0) is 9.59 Å². The van der Waals surface area contributed by atoms with E-state index in [4.69, 9.17) is 0 Å². The van der Waals surface area contributed by atoms with Gasteiger partial charge in [-0.2, -0.15) is 0 Å². The fourth-order valence-electron chi connectivity index (χ4n) is 7.93. The molecule has 4 nitrogen and oxygen atoms in total. The van der Waals surface area contributed by atoms with Crippen LogP contribution in [0.1, 0.15) is 79.6 Å². The fourth-order valence-corrected chi connectivity index (χ4v) is 7.93. The van der Waals surface area contributed by atoms with Gasteiger partial charge in [0, 0.05) is 18.7 Å². The second kappa shape index (κ2) is 6.34. The Hall–Kier alpha value is -1.32. The summed E-state index contributed by atoms with van der Waals surface area (Å²) in [4.78, 5) is 27.3. The van der Waals surface area contributed by atoms with Crippen LogP contribution in [0.4, 0.5) is 0 Å². The van der Waals surface area contributed by atoms with Crippen molar-refractivity contribution in [3.05, 3.63) is 11.1 Å². The molecular formula is C24H37NO3. The molecule has 5 atom stereocenters. The topological polar surface area (TPSA) is 57.6 Å². The Bertz CT molecular complexity index is 740. The standard InChI is InChI=1S/C24H37NO3/c1-15(2)13-25-14-17-16(20(25)26)7-8-18-22(17,3)12-9-19-23(18,4)10-6-11-24(19,5)21(27)28/h15,18-19H,6-14H2,1-5H3,(H,27,28)/t18-,19+,22-,23+,24-/m0/s1. The quantitative estimate of drug-likeness (QED) is 0.750. The van der Waals surface area contributed by atoms with E-state index < -0.39 is 11.4 Å². The number of carbonyl (C=O) groups is 2. The zero-order chi connectivity index (χ0) is 20.5. The maximum Gasteiger partial charge on any atom is 0.309 e. The van der Waals surface area contributed by atoms with E-state index in [9.17, 15) is 14.7 Å². The van der Waals surface area contributed by atoms with Crippen LogP contribution in [0, 0.1) is 34.0 Å². The molecule has 1 aliphatic heterocycles. The van der Waals surface area contributed by atoms with Gasteiger partial charge in [-0.15, -0.1) is 0 Å². The second-order valence-electron chi connectivity index (χ2n) is 11.2. The van der Waals surface area contributed by atoms with Gasteiger partial charge >= 0.3 is 5.97 Å². The predicted octanol–water partition coefficient (Wildman–Crippen LogP) is 4.89. The number of hydrogen-bond acceptors (Lipinski definition) is 2. The van der Waals surface area contributed by atoms with Crippen molar-refractivity contribution in [1.82, 2.24) is 4.90 Å². The molecule has 28 heavy (non-hydrogen) atoms. The lowest BCUT2D eigenvalue weighted by atomic mass is 9.40. The number of carboxylic acids is 1. The van der Waals surface area contributed by atoms with E-state index in [1.54, 1.807) is 0 Å². The molecular weight excluding hydrogens is 350 g/mol. The van der Waals surface area contributed by atoms with Gasteiger partial charge in [-0.1, -0.05) is 34.1 Å². The first kappa shape index (κ1) is 20.0. The maximum atomic E-state index is 13.0. The minimum atomic E-state index is -0.609. The SMILES string of the molecule is CC(C)CN1CC2=C(CC[C@@H]3[C@@]4(C)CCC[C@](C)(C(=O)O)[C@@H]4CC[C@@]23C)C1=O.